The van der Waals surface area contributed by atoms with E-state index in [0.717, 1.165) is 30.0 Å². The van der Waals surface area contributed by atoms with E-state index in [-0.39, 0.29) is 0 Å². The molecule has 3 heteroatoms. The third-order valence-electron chi connectivity index (χ3n) is 2.32. The molecular formula is C11H14N2O. The number of aromatic nitrogens is 1. The van der Waals surface area contributed by atoms with Gasteiger partial charge in [-0.1, -0.05) is 6.08 Å². The average molecular weight is 190 g/mol. The van der Waals surface area contributed by atoms with Gasteiger partial charge in [0.25, 0.3) is 0 Å². The summed E-state index contributed by atoms with van der Waals surface area (Å²) in [6, 6.07) is 1.96. The molecule has 0 radical (unpaired) electrons. The van der Waals surface area contributed by atoms with E-state index in [2.05, 4.69) is 11.1 Å². The number of hydrogen-bond acceptors (Lipinski definition) is 3. The highest BCUT2D eigenvalue weighted by Gasteiger charge is 2.10. The van der Waals surface area contributed by atoms with Crippen molar-refractivity contribution < 1.29 is 4.74 Å². The Hall–Kier alpha value is -1.35. The summed E-state index contributed by atoms with van der Waals surface area (Å²) in [6.45, 7) is 3.43. The van der Waals surface area contributed by atoms with Crippen molar-refractivity contribution in [3.63, 3.8) is 0 Å². The first kappa shape index (κ1) is 9.21. The Morgan fingerprint density at radius 1 is 1.50 bits per heavy atom. The number of nitrogen functional groups attached to an aromatic ring is 1. The number of aryl methyl sites for hydroxylation is 1. The van der Waals surface area contributed by atoms with Crippen LogP contribution in [0, 0.1) is 6.92 Å². The fourth-order valence-electron chi connectivity index (χ4n) is 1.60. The molecule has 0 fully saturated rings. The molecule has 0 spiro atoms. The molecule has 2 N–H and O–H groups in total. The third-order valence-corrected chi connectivity index (χ3v) is 2.32. The van der Waals surface area contributed by atoms with Gasteiger partial charge in [0.15, 0.2) is 0 Å². The van der Waals surface area contributed by atoms with Gasteiger partial charge in [-0.3, -0.25) is 4.98 Å². The van der Waals surface area contributed by atoms with Crippen molar-refractivity contribution >= 4 is 11.3 Å². The second-order valence-electron chi connectivity index (χ2n) is 3.50. The Bertz CT molecular complexity index is 372. The van der Waals surface area contributed by atoms with Gasteiger partial charge in [-0.05, 0) is 30.5 Å². The van der Waals surface area contributed by atoms with Crippen molar-refractivity contribution in [1.29, 1.82) is 0 Å². The van der Waals surface area contributed by atoms with Crippen LogP contribution in [0.15, 0.2) is 18.3 Å². The Morgan fingerprint density at radius 2 is 2.36 bits per heavy atom. The number of hydrogen-bond donors (Lipinski definition) is 1. The molecule has 3 nitrogen and oxygen atoms in total. The third kappa shape index (κ3) is 1.77. The van der Waals surface area contributed by atoms with E-state index in [4.69, 9.17) is 10.5 Å². The first-order valence-electron chi connectivity index (χ1n) is 4.76. The maximum absolute atomic E-state index is 5.91. The van der Waals surface area contributed by atoms with Crippen molar-refractivity contribution in [2.75, 3.05) is 18.9 Å². The van der Waals surface area contributed by atoms with Gasteiger partial charge in [-0.25, -0.2) is 0 Å². The Kier molecular flexibility index (Phi) is 2.50. The Balaban J connectivity index is 2.35. The molecule has 0 bridgehead atoms. The second kappa shape index (κ2) is 3.80. The number of rotatable bonds is 1. The molecule has 1 aliphatic rings. The topological polar surface area (TPSA) is 48.1 Å². The zero-order chi connectivity index (χ0) is 9.97. The van der Waals surface area contributed by atoms with Crippen molar-refractivity contribution in [3.8, 4) is 0 Å². The molecule has 1 aromatic heterocycles. The van der Waals surface area contributed by atoms with E-state index < -0.39 is 0 Å². The molecule has 0 amide bonds. The van der Waals surface area contributed by atoms with E-state index >= 15 is 0 Å². The zero-order valence-corrected chi connectivity index (χ0v) is 8.29. The van der Waals surface area contributed by atoms with Gasteiger partial charge in [0.2, 0.25) is 0 Å². The van der Waals surface area contributed by atoms with Crippen LogP contribution in [-0.4, -0.2) is 18.2 Å². The van der Waals surface area contributed by atoms with Crippen LogP contribution in [0.2, 0.25) is 0 Å². The molecule has 0 atom stereocenters. The zero-order valence-electron chi connectivity index (χ0n) is 8.29. The molecule has 1 aliphatic heterocycles. The van der Waals surface area contributed by atoms with Crippen molar-refractivity contribution in [2.24, 2.45) is 0 Å². The Labute approximate surface area is 83.6 Å². The van der Waals surface area contributed by atoms with Crippen LogP contribution >= 0.6 is 0 Å². The first-order chi connectivity index (χ1) is 6.77. The highest BCUT2D eigenvalue weighted by atomic mass is 16.5. The Morgan fingerprint density at radius 3 is 3.00 bits per heavy atom. The van der Waals surface area contributed by atoms with Gasteiger partial charge < -0.3 is 10.5 Å². The maximum Gasteiger partial charge on any atom is 0.0889 e. The van der Waals surface area contributed by atoms with E-state index in [1.54, 1.807) is 0 Å². The monoisotopic (exact) mass is 190 g/mol. The number of nitrogens with zero attached hydrogens (tertiary/aromatic N) is 1. The molecule has 0 aromatic carbocycles. The fraction of sp³-hybridized carbons (Fsp3) is 0.364. The lowest BCUT2D eigenvalue weighted by Gasteiger charge is -2.14. The molecule has 0 aliphatic carbocycles. The molecule has 74 valence electrons. The fourth-order valence-corrected chi connectivity index (χ4v) is 1.60. The molecule has 0 unspecified atom stereocenters. The first-order valence-corrected chi connectivity index (χ1v) is 4.76. The smallest absolute Gasteiger partial charge is 0.0889 e. The van der Waals surface area contributed by atoms with Crippen LogP contribution < -0.4 is 5.73 Å². The standard InChI is InChI=1S/C11H14N2O/c1-8-6-10(12)11(13-7-8)9-2-4-14-5-3-9/h2,6-7H,3-5,12H2,1H3. The summed E-state index contributed by atoms with van der Waals surface area (Å²) in [4.78, 5) is 4.35. The number of pyridine rings is 1. The molecule has 2 heterocycles. The van der Waals surface area contributed by atoms with Gasteiger partial charge in [0.1, 0.15) is 0 Å². The van der Waals surface area contributed by atoms with Crippen molar-refractivity contribution in [3.05, 3.63) is 29.6 Å². The average Bonchev–Trinajstić information content (AvgIpc) is 2.19. The van der Waals surface area contributed by atoms with E-state index in [1.165, 1.54) is 5.57 Å². The lowest BCUT2D eigenvalue weighted by molar-refractivity contribution is 0.161. The summed E-state index contributed by atoms with van der Waals surface area (Å²) in [5, 5.41) is 0. The highest BCUT2D eigenvalue weighted by Crippen LogP contribution is 2.24. The quantitative estimate of drug-likeness (QED) is 0.734. The van der Waals surface area contributed by atoms with Gasteiger partial charge >= 0.3 is 0 Å². The molecular weight excluding hydrogens is 176 g/mol. The molecule has 14 heavy (non-hydrogen) atoms. The maximum atomic E-state index is 5.91. The normalized spacial score (nSPS) is 16.5. The minimum Gasteiger partial charge on any atom is -0.397 e. The summed E-state index contributed by atoms with van der Waals surface area (Å²) >= 11 is 0. The summed E-state index contributed by atoms with van der Waals surface area (Å²) in [5.74, 6) is 0. The minimum atomic E-state index is 0.671. The highest BCUT2D eigenvalue weighted by molar-refractivity contribution is 5.72. The van der Waals surface area contributed by atoms with Gasteiger partial charge in [-0.15, -0.1) is 0 Å². The number of ether oxygens (including phenoxy) is 1. The summed E-state index contributed by atoms with van der Waals surface area (Å²) in [5.41, 5.74) is 9.88. The van der Waals surface area contributed by atoms with Crippen LogP contribution in [-0.2, 0) is 4.74 Å². The van der Waals surface area contributed by atoms with Gasteiger partial charge in [0, 0.05) is 6.20 Å². The predicted molar refractivity (Wildman–Crippen MR) is 56.8 cm³/mol. The van der Waals surface area contributed by atoms with Crippen LogP contribution in [0.5, 0.6) is 0 Å². The molecule has 0 saturated heterocycles. The lowest BCUT2D eigenvalue weighted by atomic mass is 10.0. The number of anilines is 1. The van der Waals surface area contributed by atoms with Crippen LogP contribution in [0.4, 0.5) is 5.69 Å². The minimum absolute atomic E-state index is 0.671. The predicted octanol–water partition coefficient (Wildman–Crippen LogP) is 1.78. The summed E-state index contributed by atoms with van der Waals surface area (Å²) < 4.78 is 5.24. The van der Waals surface area contributed by atoms with E-state index in [0.29, 0.717) is 6.61 Å². The molecule has 0 saturated carbocycles. The van der Waals surface area contributed by atoms with Gasteiger partial charge in [0.05, 0.1) is 24.6 Å². The second-order valence-corrected chi connectivity index (χ2v) is 3.50. The van der Waals surface area contributed by atoms with Gasteiger partial charge in [-0.2, -0.15) is 0 Å². The van der Waals surface area contributed by atoms with Crippen molar-refractivity contribution in [1.82, 2.24) is 4.98 Å². The van der Waals surface area contributed by atoms with Crippen molar-refractivity contribution in [2.45, 2.75) is 13.3 Å². The van der Waals surface area contributed by atoms with Crippen LogP contribution in [0.1, 0.15) is 17.7 Å². The molecule has 2 rings (SSSR count). The largest absolute Gasteiger partial charge is 0.397 e. The SMILES string of the molecule is Cc1cnc(C2=CCOCC2)c(N)c1. The lowest BCUT2D eigenvalue weighted by Crippen LogP contribution is -2.07. The summed E-state index contributed by atoms with van der Waals surface area (Å²) in [7, 11) is 0. The van der Waals surface area contributed by atoms with E-state index in [1.807, 2.05) is 19.2 Å². The van der Waals surface area contributed by atoms with Crippen LogP contribution in [0.3, 0.4) is 0 Å². The summed E-state index contributed by atoms with van der Waals surface area (Å²) in [6.07, 6.45) is 4.81. The molecule has 1 aromatic rings. The van der Waals surface area contributed by atoms with E-state index in [9.17, 15) is 0 Å². The van der Waals surface area contributed by atoms with Crippen LogP contribution in [0.25, 0.3) is 5.57 Å². The number of nitrogens with two attached hydrogens (primary N) is 1.